The van der Waals surface area contributed by atoms with Gasteiger partial charge in [0.05, 0.1) is 38.6 Å². The average Bonchev–Trinajstić information content (AvgIpc) is 3.47. The van der Waals surface area contributed by atoms with Crippen molar-refractivity contribution in [3.05, 3.63) is 55.2 Å². The van der Waals surface area contributed by atoms with Crippen molar-refractivity contribution in [2.75, 3.05) is 39.5 Å². The molecule has 3 aromatic heterocycles. The molecule has 3 aliphatic rings. The molecule has 6 rings (SSSR count). The largest absolute Gasteiger partial charge is 0.500 e. The molecule has 0 saturated carbocycles. The Morgan fingerprint density at radius 3 is 1.55 bits per heavy atom. The number of hydrogen-bond acceptors (Lipinski definition) is 7. The highest BCUT2D eigenvalue weighted by atomic mass is 28.4. The van der Waals surface area contributed by atoms with Crippen LogP contribution in [0.4, 0.5) is 0 Å². The Labute approximate surface area is 171 Å². The first kappa shape index (κ1) is 19.1. The fourth-order valence-electron chi connectivity index (χ4n) is 4.31. The Kier molecular flexibility index (Phi) is 5.33. The van der Waals surface area contributed by atoms with Crippen LogP contribution < -0.4 is 16.2 Å². The average molecular weight is 432 g/mol. The van der Waals surface area contributed by atoms with Gasteiger partial charge in [-0.3, -0.25) is 4.90 Å². The van der Waals surface area contributed by atoms with E-state index in [2.05, 4.69) is 4.90 Å². The number of fused-ring (bicyclic) bond motifs is 6. The molecular formula is C20H25NO6Si2. The summed E-state index contributed by atoms with van der Waals surface area (Å²) >= 11 is 0. The Bertz CT molecular complexity index is 770. The van der Waals surface area contributed by atoms with Crippen molar-refractivity contribution in [1.82, 2.24) is 4.90 Å². The Morgan fingerprint density at radius 1 is 0.724 bits per heavy atom. The SMILES string of the molecule is c1coc([Si](CC[Si]23OCCN(CCO2)CCO3)(c2ccco2)c2ccco2)c1. The topological polar surface area (TPSA) is 70.4 Å². The first-order chi connectivity index (χ1) is 14.3. The molecule has 0 aromatic carbocycles. The van der Waals surface area contributed by atoms with Gasteiger partial charge in [0.1, 0.15) is 16.2 Å². The van der Waals surface area contributed by atoms with Gasteiger partial charge in [-0.2, -0.15) is 0 Å². The molecular weight excluding hydrogens is 406 g/mol. The number of rotatable bonds is 6. The summed E-state index contributed by atoms with van der Waals surface area (Å²) in [5.41, 5.74) is 0. The van der Waals surface area contributed by atoms with Crippen LogP contribution in [0.25, 0.3) is 0 Å². The maximum absolute atomic E-state index is 6.27. The van der Waals surface area contributed by atoms with Gasteiger partial charge in [0.15, 0.2) is 0 Å². The van der Waals surface area contributed by atoms with Gasteiger partial charge in [0.2, 0.25) is 0 Å². The first-order valence-electron chi connectivity index (χ1n) is 10.1. The second-order valence-corrected chi connectivity index (χ2v) is 13.9. The second kappa shape index (κ2) is 8.09. The van der Waals surface area contributed by atoms with Crippen molar-refractivity contribution >= 4 is 33.0 Å². The Balaban J connectivity index is 1.52. The van der Waals surface area contributed by atoms with E-state index in [1.807, 2.05) is 36.4 Å². The smallest absolute Gasteiger partial charge is 0.473 e. The Morgan fingerprint density at radius 2 is 1.17 bits per heavy atom. The minimum atomic E-state index is -2.79. The maximum atomic E-state index is 6.27. The van der Waals surface area contributed by atoms with Crippen LogP contribution in [-0.4, -0.2) is 61.2 Å². The molecule has 3 saturated heterocycles. The van der Waals surface area contributed by atoms with Crippen LogP contribution in [0.5, 0.6) is 0 Å². The molecule has 3 fully saturated rings. The number of furan rings is 3. The number of nitrogens with zero attached hydrogens (tertiary/aromatic N) is 1. The monoisotopic (exact) mass is 431 g/mol. The van der Waals surface area contributed by atoms with Gasteiger partial charge in [-0.15, -0.1) is 0 Å². The minimum Gasteiger partial charge on any atom is -0.473 e. The molecule has 0 radical (unpaired) electrons. The normalized spacial score (nSPS) is 25.4. The van der Waals surface area contributed by atoms with Crippen LogP contribution >= 0.6 is 0 Å². The fraction of sp³-hybridized carbons (Fsp3) is 0.400. The van der Waals surface area contributed by atoms with E-state index < -0.39 is 16.9 Å². The third-order valence-corrected chi connectivity index (χ3v) is 13.5. The third-order valence-electron chi connectivity index (χ3n) is 5.82. The molecule has 6 heterocycles. The van der Waals surface area contributed by atoms with Crippen molar-refractivity contribution in [2.45, 2.75) is 12.1 Å². The zero-order chi connectivity index (χ0) is 19.6. The summed E-state index contributed by atoms with van der Waals surface area (Å²) in [6.45, 7) is 4.71. The van der Waals surface area contributed by atoms with Gasteiger partial charge in [-0.05, 0) is 42.4 Å². The van der Waals surface area contributed by atoms with E-state index in [0.717, 1.165) is 41.8 Å². The van der Waals surface area contributed by atoms with Crippen molar-refractivity contribution in [1.29, 1.82) is 0 Å². The molecule has 9 heteroatoms. The fourth-order valence-corrected chi connectivity index (χ4v) is 12.3. The summed E-state index contributed by atoms with van der Waals surface area (Å²) in [6.07, 6.45) is 5.13. The summed E-state index contributed by atoms with van der Waals surface area (Å²) < 4.78 is 36.7. The van der Waals surface area contributed by atoms with Crippen molar-refractivity contribution < 1.29 is 26.5 Å². The van der Waals surface area contributed by atoms with Gasteiger partial charge < -0.3 is 26.5 Å². The number of hydrogen-bond donors (Lipinski definition) is 0. The summed E-state index contributed by atoms with van der Waals surface area (Å²) in [6, 6.07) is 13.3. The highest BCUT2D eigenvalue weighted by Crippen LogP contribution is 2.26. The summed E-state index contributed by atoms with van der Waals surface area (Å²) in [5, 5.41) is 2.70. The highest BCUT2D eigenvalue weighted by Gasteiger charge is 2.53. The lowest BCUT2D eigenvalue weighted by molar-refractivity contribution is -0.00751. The molecule has 154 valence electrons. The van der Waals surface area contributed by atoms with Crippen LogP contribution in [0.2, 0.25) is 12.1 Å². The first-order valence-corrected chi connectivity index (χ1v) is 14.2. The third kappa shape index (κ3) is 3.58. The predicted molar refractivity (Wildman–Crippen MR) is 110 cm³/mol. The molecule has 3 aliphatic heterocycles. The molecule has 0 unspecified atom stereocenters. The second-order valence-electron chi connectivity index (χ2n) is 7.41. The van der Waals surface area contributed by atoms with Crippen LogP contribution in [0.15, 0.2) is 68.4 Å². The van der Waals surface area contributed by atoms with Crippen LogP contribution in [0, 0.1) is 0 Å². The van der Waals surface area contributed by atoms with Gasteiger partial charge in [0.25, 0.3) is 8.07 Å². The molecule has 3 aromatic rings. The zero-order valence-electron chi connectivity index (χ0n) is 16.2. The lowest BCUT2D eigenvalue weighted by Crippen LogP contribution is -2.67. The summed E-state index contributed by atoms with van der Waals surface area (Å²) in [7, 11) is -5.45. The van der Waals surface area contributed by atoms with Gasteiger partial charge in [-0.25, -0.2) is 0 Å². The van der Waals surface area contributed by atoms with Crippen molar-refractivity contribution in [3.63, 3.8) is 0 Å². The van der Waals surface area contributed by atoms with Crippen LogP contribution in [0.1, 0.15) is 0 Å². The molecule has 0 amide bonds. The predicted octanol–water partition coefficient (Wildman–Crippen LogP) is 1.25. The molecule has 0 aliphatic carbocycles. The van der Waals surface area contributed by atoms with E-state index >= 15 is 0 Å². The van der Waals surface area contributed by atoms with E-state index in [1.54, 1.807) is 18.8 Å². The molecule has 0 N–H and O–H groups in total. The van der Waals surface area contributed by atoms with Gasteiger partial charge in [-0.1, -0.05) is 0 Å². The van der Waals surface area contributed by atoms with Crippen LogP contribution in [0.3, 0.4) is 0 Å². The summed E-state index contributed by atoms with van der Waals surface area (Å²) in [4.78, 5) is 2.32. The lowest BCUT2D eigenvalue weighted by atomic mass is 10.4. The standard InChI is InChI=1S/C20H25NO6Si2/c1-4-18(22-10-1)28(19-5-2-11-23-19,20-6-3-12-24-20)16-17-29-25-13-7-21(8-14-26-29)9-15-27-29/h1-6,10-12H,7-9,13-17H2. The maximum Gasteiger partial charge on any atom is 0.500 e. The lowest BCUT2D eigenvalue weighted by Gasteiger charge is -2.39. The molecule has 0 spiro atoms. The van der Waals surface area contributed by atoms with E-state index in [4.69, 9.17) is 26.5 Å². The van der Waals surface area contributed by atoms with Crippen molar-refractivity contribution in [3.8, 4) is 0 Å². The molecule has 0 atom stereocenters. The van der Waals surface area contributed by atoms with E-state index in [9.17, 15) is 0 Å². The highest BCUT2D eigenvalue weighted by molar-refractivity contribution is 7.09. The quantitative estimate of drug-likeness (QED) is 0.544. The van der Waals surface area contributed by atoms with E-state index in [0.29, 0.717) is 25.9 Å². The van der Waals surface area contributed by atoms with Crippen molar-refractivity contribution in [2.24, 2.45) is 0 Å². The summed E-state index contributed by atoms with van der Waals surface area (Å²) in [5.74, 6) is 0. The van der Waals surface area contributed by atoms with E-state index in [1.165, 1.54) is 0 Å². The minimum absolute atomic E-state index is 0.642. The molecule has 29 heavy (non-hydrogen) atoms. The van der Waals surface area contributed by atoms with Gasteiger partial charge >= 0.3 is 8.80 Å². The zero-order valence-corrected chi connectivity index (χ0v) is 18.2. The van der Waals surface area contributed by atoms with Gasteiger partial charge in [0, 0.05) is 25.7 Å². The van der Waals surface area contributed by atoms with E-state index in [-0.39, 0.29) is 0 Å². The molecule has 7 nitrogen and oxygen atoms in total. The Hall–Kier alpha value is -1.89. The van der Waals surface area contributed by atoms with Crippen LogP contribution in [-0.2, 0) is 13.3 Å². The molecule has 2 bridgehead atoms.